The lowest BCUT2D eigenvalue weighted by molar-refractivity contribution is -0.147. The third-order valence-corrected chi connectivity index (χ3v) is 7.90. The number of alkyl halides is 5. The fourth-order valence-electron chi connectivity index (χ4n) is 5.50. The van der Waals surface area contributed by atoms with Crippen molar-refractivity contribution in [1.29, 1.82) is 5.26 Å². The van der Waals surface area contributed by atoms with Gasteiger partial charge in [0.15, 0.2) is 5.65 Å². The van der Waals surface area contributed by atoms with E-state index in [1.807, 2.05) is 0 Å². The lowest BCUT2D eigenvalue weighted by atomic mass is 9.63. The van der Waals surface area contributed by atoms with Gasteiger partial charge in [-0.1, -0.05) is 6.42 Å². The Morgan fingerprint density at radius 3 is 2.44 bits per heavy atom. The number of fused-ring (bicyclic) bond motifs is 1. The number of nitriles is 1. The summed E-state index contributed by atoms with van der Waals surface area (Å²) in [6.45, 7) is 4.54. The van der Waals surface area contributed by atoms with Crippen molar-refractivity contribution in [3.63, 3.8) is 0 Å². The second-order valence-electron chi connectivity index (χ2n) is 12.2. The number of ether oxygens (including phenoxy) is 1. The maximum Gasteiger partial charge on any atom is 0.408 e. The predicted molar refractivity (Wildman–Crippen MR) is 139 cm³/mol. The highest BCUT2D eigenvalue weighted by molar-refractivity contribution is 5.68. The molecule has 2 aromatic rings. The van der Waals surface area contributed by atoms with Gasteiger partial charge in [0, 0.05) is 19.4 Å². The maximum atomic E-state index is 13.9. The zero-order valence-electron chi connectivity index (χ0n) is 23.3. The third kappa shape index (κ3) is 7.24. The minimum atomic E-state index is -4.60. The number of carbonyl (C=O) groups is 1. The first-order chi connectivity index (χ1) is 19.0. The van der Waals surface area contributed by atoms with E-state index in [2.05, 4.69) is 26.8 Å². The lowest BCUT2D eigenvalue weighted by Gasteiger charge is -2.43. The molecule has 1 amide bonds. The molecule has 4 rings (SSSR count). The number of amides is 1. The van der Waals surface area contributed by atoms with Gasteiger partial charge in [-0.15, -0.1) is 0 Å². The SMILES string of the molecule is CC(C)(C)OC(=O)N[C@H](c1cn2ncc([C@H](NC[C@H](N)C(F)(F)F)C3(C#N)CCC3)cc2n1)C1CCC(F)(F)CC1. The number of carbonyl (C=O) groups excluding carboxylic acids is 1. The van der Waals surface area contributed by atoms with Crippen molar-refractivity contribution in [1.82, 2.24) is 25.2 Å². The number of hydrogen-bond acceptors (Lipinski definition) is 7. The van der Waals surface area contributed by atoms with Crippen LogP contribution in [0.1, 0.15) is 89.1 Å². The fourth-order valence-corrected chi connectivity index (χ4v) is 5.50. The van der Waals surface area contributed by atoms with Gasteiger partial charge in [0.2, 0.25) is 5.92 Å². The number of halogens is 5. The van der Waals surface area contributed by atoms with Gasteiger partial charge in [-0.2, -0.15) is 23.5 Å². The Morgan fingerprint density at radius 2 is 1.90 bits per heavy atom. The molecule has 4 N–H and O–H groups in total. The largest absolute Gasteiger partial charge is 0.444 e. The van der Waals surface area contributed by atoms with E-state index in [1.54, 1.807) is 33.0 Å². The van der Waals surface area contributed by atoms with Crippen LogP contribution in [0.15, 0.2) is 18.5 Å². The van der Waals surface area contributed by atoms with Crippen LogP contribution in [0.25, 0.3) is 5.65 Å². The smallest absolute Gasteiger partial charge is 0.408 e. The summed E-state index contributed by atoms with van der Waals surface area (Å²) in [6, 6.07) is 0.283. The standard InChI is InChI=1S/C27H36F5N7O2/c1-24(2,3)41-23(40)38-21(16-5-9-26(28,29)10-6-16)18-14-39-20(37-18)11-17(12-36-39)22(25(15-33)7-4-8-25)35-13-19(34)27(30,31)32/h11-12,14,16,19,21-22,35H,4-10,13,34H2,1-3H3,(H,38,40)/t19-,21-,22-/m0/s1. The van der Waals surface area contributed by atoms with E-state index in [1.165, 1.54) is 10.7 Å². The molecule has 0 aromatic carbocycles. The summed E-state index contributed by atoms with van der Waals surface area (Å²) in [5.41, 5.74) is 4.81. The van der Waals surface area contributed by atoms with Crippen LogP contribution in [0, 0.1) is 22.7 Å². The molecule has 9 nitrogen and oxygen atoms in total. The zero-order chi connectivity index (χ0) is 30.2. The van der Waals surface area contributed by atoms with Crippen LogP contribution >= 0.6 is 0 Å². The van der Waals surface area contributed by atoms with E-state index in [0.29, 0.717) is 29.7 Å². The summed E-state index contributed by atoms with van der Waals surface area (Å²) in [6.07, 6.45) is -0.808. The molecule has 2 aromatic heterocycles. The van der Waals surface area contributed by atoms with Gasteiger partial charge >= 0.3 is 12.3 Å². The number of hydrogen-bond donors (Lipinski definition) is 3. The molecule has 2 aliphatic rings. The topological polar surface area (TPSA) is 130 Å². The minimum Gasteiger partial charge on any atom is -0.444 e. The summed E-state index contributed by atoms with van der Waals surface area (Å²) in [4.78, 5) is 17.3. The Morgan fingerprint density at radius 1 is 1.24 bits per heavy atom. The summed E-state index contributed by atoms with van der Waals surface area (Å²) in [5.74, 6) is -3.10. The number of aromatic nitrogens is 3. The molecule has 0 bridgehead atoms. The molecule has 0 radical (unpaired) electrons. The van der Waals surface area contributed by atoms with E-state index in [9.17, 15) is 32.0 Å². The number of nitrogens with two attached hydrogens (primary N) is 1. The molecule has 0 saturated heterocycles. The van der Waals surface area contributed by atoms with E-state index < -0.39 is 53.9 Å². The van der Waals surface area contributed by atoms with Crippen LogP contribution in [-0.4, -0.2) is 51.0 Å². The highest BCUT2D eigenvalue weighted by Crippen LogP contribution is 2.50. The maximum absolute atomic E-state index is 13.9. The number of nitrogens with zero attached hydrogens (tertiary/aromatic N) is 4. The summed E-state index contributed by atoms with van der Waals surface area (Å²) >= 11 is 0. The van der Waals surface area contributed by atoms with Crippen molar-refractivity contribution in [2.45, 2.75) is 102 Å². The monoisotopic (exact) mass is 585 g/mol. The summed E-state index contributed by atoms with van der Waals surface area (Å²) in [7, 11) is 0. The normalized spacial score (nSPS) is 21.4. The first kappa shape index (κ1) is 30.9. The van der Waals surface area contributed by atoms with Crippen LogP contribution in [0.2, 0.25) is 0 Å². The van der Waals surface area contributed by atoms with Crippen molar-refractivity contribution in [2.75, 3.05) is 6.54 Å². The predicted octanol–water partition coefficient (Wildman–Crippen LogP) is 5.33. The van der Waals surface area contributed by atoms with Crippen molar-refractivity contribution in [2.24, 2.45) is 17.1 Å². The quantitative estimate of drug-likeness (QED) is 0.357. The van der Waals surface area contributed by atoms with Crippen LogP contribution in [0.4, 0.5) is 26.7 Å². The van der Waals surface area contributed by atoms with E-state index in [0.717, 1.165) is 6.42 Å². The summed E-state index contributed by atoms with van der Waals surface area (Å²) in [5, 5.41) is 20.0. The molecule has 0 unspecified atom stereocenters. The molecule has 14 heteroatoms. The number of alkyl carbamates (subject to hydrolysis) is 1. The molecule has 0 aliphatic heterocycles. The van der Waals surface area contributed by atoms with Gasteiger partial charge in [0.25, 0.3) is 0 Å². The Balaban J connectivity index is 1.65. The number of rotatable bonds is 8. The zero-order valence-corrected chi connectivity index (χ0v) is 23.3. The lowest BCUT2D eigenvalue weighted by Crippen LogP contribution is -2.50. The third-order valence-electron chi connectivity index (χ3n) is 7.90. The number of imidazole rings is 1. The number of nitrogens with one attached hydrogen (secondary N) is 2. The molecule has 0 spiro atoms. The first-order valence-corrected chi connectivity index (χ1v) is 13.7. The molecule has 2 fully saturated rings. The molecule has 2 heterocycles. The second-order valence-corrected chi connectivity index (χ2v) is 12.2. The van der Waals surface area contributed by atoms with Gasteiger partial charge < -0.3 is 21.1 Å². The van der Waals surface area contributed by atoms with Gasteiger partial charge in [-0.25, -0.2) is 23.1 Å². The van der Waals surface area contributed by atoms with Crippen LogP contribution in [-0.2, 0) is 4.74 Å². The van der Waals surface area contributed by atoms with Crippen LogP contribution in [0.3, 0.4) is 0 Å². The average Bonchev–Trinajstić information content (AvgIpc) is 3.25. The van der Waals surface area contributed by atoms with Crippen molar-refractivity contribution >= 4 is 11.7 Å². The van der Waals surface area contributed by atoms with Crippen molar-refractivity contribution in [3.8, 4) is 6.07 Å². The molecule has 226 valence electrons. The van der Waals surface area contributed by atoms with Gasteiger partial charge in [-0.05, 0) is 64.0 Å². The molecular weight excluding hydrogens is 549 g/mol. The van der Waals surface area contributed by atoms with Crippen molar-refractivity contribution in [3.05, 3.63) is 29.7 Å². The molecule has 3 atom stereocenters. The van der Waals surface area contributed by atoms with E-state index in [4.69, 9.17) is 10.5 Å². The first-order valence-electron chi connectivity index (χ1n) is 13.7. The Bertz CT molecular complexity index is 1270. The Hall–Kier alpha value is -3.05. The van der Waals surface area contributed by atoms with Gasteiger partial charge in [0.05, 0.1) is 41.7 Å². The second kappa shape index (κ2) is 11.3. The molecule has 2 saturated carbocycles. The Labute approximate surface area is 235 Å². The minimum absolute atomic E-state index is 0.163. The van der Waals surface area contributed by atoms with E-state index >= 15 is 0 Å². The average molecular weight is 586 g/mol. The molecule has 41 heavy (non-hydrogen) atoms. The van der Waals surface area contributed by atoms with Gasteiger partial charge in [-0.3, -0.25) is 0 Å². The Kier molecular flexibility index (Phi) is 8.53. The van der Waals surface area contributed by atoms with Crippen LogP contribution in [0.5, 0.6) is 0 Å². The molecular formula is C27H36F5N7O2. The summed E-state index contributed by atoms with van der Waals surface area (Å²) < 4.78 is 74.0. The molecule has 2 aliphatic carbocycles. The highest BCUT2D eigenvalue weighted by Gasteiger charge is 2.47. The fraction of sp³-hybridized carbons (Fsp3) is 0.704. The van der Waals surface area contributed by atoms with Gasteiger partial charge in [0.1, 0.15) is 11.6 Å². The van der Waals surface area contributed by atoms with Crippen LogP contribution < -0.4 is 16.4 Å². The highest BCUT2D eigenvalue weighted by atomic mass is 19.4. The van der Waals surface area contributed by atoms with Crippen molar-refractivity contribution < 1.29 is 31.5 Å². The van der Waals surface area contributed by atoms with E-state index in [-0.39, 0.29) is 31.6 Å².